The number of carbonyl (C=O) groups excluding carboxylic acids is 1. The minimum absolute atomic E-state index is 0.128. The van der Waals surface area contributed by atoms with Gasteiger partial charge in [0.1, 0.15) is 6.61 Å². The Balaban J connectivity index is 1.31. The third kappa shape index (κ3) is 3.76. The highest BCUT2D eigenvalue weighted by molar-refractivity contribution is 5.77. The Bertz CT molecular complexity index is 357. The molecule has 0 unspecified atom stereocenters. The fraction of sp³-hybridized carbons (Fsp3) is 0.938. The molecule has 0 aromatic carbocycles. The average Bonchev–Trinajstić information content (AvgIpc) is 2.96. The molecule has 3 aliphatic rings. The molecule has 3 aliphatic heterocycles. The molecular formula is C16H28N2O3. The maximum absolute atomic E-state index is 11.9. The van der Waals surface area contributed by atoms with Gasteiger partial charge < -0.3 is 19.3 Å². The van der Waals surface area contributed by atoms with Crippen LogP contribution in [-0.4, -0.2) is 74.4 Å². The summed E-state index contributed by atoms with van der Waals surface area (Å²) in [5, 5.41) is 0. The van der Waals surface area contributed by atoms with Crippen molar-refractivity contribution in [3.63, 3.8) is 0 Å². The van der Waals surface area contributed by atoms with E-state index in [1.54, 1.807) is 0 Å². The number of hydrogen-bond acceptors (Lipinski definition) is 4. The van der Waals surface area contributed by atoms with E-state index >= 15 is 0 Å². The predicted molar refractivity (Wildman–Crippen MR) is 80.2 cm³/mol. The van der Waals surface area contributed by atoms with Crippen molar-refractivity contribution < 1.29 is 14.3 Å². The van der Waals surface area contributed by atoms with Gasteiger partial charge in [0.25, 0.3) is 0 Å². The standard InChI is InChI=1S/C16H28N2O3/c1-17-12-16(13-17)10-14(5-9-21-16)4-8-20-11-15(19)18-6-2-3-7-18/h14H,2-13H2,1H3/t14-/m0/s1. The Morgan fingerprint density at radius 2 is 2.10 bits per heavy atom. The molecule has 0 saturated carbocycles. The molecule has 3 rings (SSSR count). The number of likely N-dealkylation sites (N-methyl/N-ethyl adjacent to an activating group) is 1. The van der Waals surface area contributed by atoms with Crippen molar-refractivity contribution in [3.8, 4) is 0 Å². The lowest BCUT2D eigenvalue weighted by Crippen LogP contribution is -2.63. The van der Waals surface area contributed by atoms with E-state index in [0.29, 0.717) is 12.5 Å². The molecule has 3 heterocycles. The van der Waals surface area contributed by atoms with E-state index in [1.165, 1.54) is 0 Å². The number of ether oxygens (including phenoxy) is 2. The van der Waals surface area contributed by atoms with Crippen LogP contribution in [0.15, 0.2) is 0 Å². The molecule has 3 saturated heterocycles. The topological polar surface area (TPSA) is 42.0 Å². The highest BCUT2D eigenvalue weighted by atomic mass is 16.5. The van der Waals surface area contributed by atoms with E-state index in [2.05, 4.69) is 11.9 Å². The van der Waals surface area contributed by atoms with E-state index in [1.807, 2.05) is 4.90 Å². The molecule has 0 bridgehead atoms. The van der Waals surface area contributed by atoms with Crippen molar-refractivity contribution in [1.29, 1.82) is 0 Å². The number of nitrogens with zero attached hydrogens (tertiary/aromatic N) is 2. The van der Waals surface area contributed by atoms with Crippen LogP contribution in [0.3, 0.4) is 0 Å². The van der Waals surface area contributed by atoms with Crippen molar-refractivity contribution in [1.82, 2.24) is 9.80 Å². The first-order chi connectivity index (χ1) is 10.2. The van der Waals surface area contributed by atoms with Gasteiger partial charge in [0.2, 0.25) is 5.91 Å². The molecule has 5 heteroatoms. The molecule has 1 spiro atoms. The Labute approximate surface area is 127 Å². The summed E-state index contributed by atoms with van der Waals surface area (Å²) >= 11 is 0. The third-order valence-electron chi connectivity index (χ3n) is 5.07. The molecule has 21 heavy (non-hydrogen) atoms. The van der Waals surface area contributed by atoms with Crippen LogP contribution >= 0.6 is 0 Å². The van der Waals surface area contributed by atoms with Gasteiger partial charge >= 0.3 is 0 Å². The summed E-state index contributed by atoms with van der Waals surface area (Å²) in [5.41, 5.74) is 0.128. The summed E-state index contributed by atoms with van der Waals surface area (Å²) in [7, 11) is 2.14. The Hall–Kier alpha value is -0.650. The zero-order valence-electron chi connectivity index (χ0n) is 13.2. The van der Waals surface area contributed by atoms with E-state index in [4.69, 9.17) is 9.47 Å². The molecule has 120 valence electrons. The fourth-order valence-electron chi connectivity index (χ4n) is 4.00. The van der Waals surface area contributed by atoms with Gasteiger partial charge in [0, 0.05) is 39.4 Å². The fourth-order valence-corrected chi connectivity index (χ4v) is 4.00. The molecule has 0 aromatic rings. The highest BCUT2D eigenvalue weighted by Crippen LogP contribution is 2.37. The maximum Gasteiger partial charge on any atom is 0.248 e. The highest BCUT2D eigenvalue weighted by Gasteiger charge is 2.45. The molecule has 0 radical (unpaired) electrons. The van der Waals surface area contributed by atoms with Crippen molar-refractivity contribution in [2.45, 2.75) is 37.7 Å². The van der Waals surface area contributed by atoms with Crippen LogP contribution in [0, 0.1) is 5.92 Å². The van der Waals surface area contributed by atoms with Gasteiger partial charge in [-0.05, 0) is 45.1 Å². The second-order valence-electron chi connectivity index (χ2n) is 6.99. The lowest BCUT2D eigenvalue weighted by molar-refractivity contribution is -0.173. The van der Waals surface area contributed by atoms with Crippen LogP contribution in [0.1, 0.15) is 32.1 Å². The predicted octanol–water partition coefficient (Wildman–Crippen LogP) is 1.13. The number of rotatable bonds is 5. The monoisotopic (exact) mass is 296 g/mol. The van der Waals surface area contributed by atoms with Crippen molar-refractivity contribution in [2.75, 3.05) is 53.0 Å². The van der Waals surface area contributed by atoms with Crippen molar-refractivity contribution >= 4 is 5.91 Å². The van der Waals surface area contributed by atoms with Gasteiger partial charge in [0.15, 0.2) is 0 Å². The smallest absolute Gasteiger partial charge is 0.248 e. The van der Waals surface area contributed by atoms with E-state index in [0.717, 1.165) is 64.9 Å². The van der Waals surface area contributed by atoms with Gasteiger partial charge in [-0.15, -0.1) is 0 Å². The van der Waals surface area contributed by atoms with Gasteiger partial charge in [0.05, 0.1) is 5.60 Å². The van der Waals surface area contributed by atoms with Crippen molar-refractivity contribution in [3.05, 3.63) is 0 Å². The Kier molecular flexibility index (Phi) is 4.82. The molecule has 0 aliphatic carbocycles. The van der Waals surface area contributed by atoms with Gasteiger partial charge in [-0.2, -0.15) is 0 Å². The molecular weight excluding hydrogens is 268 g/mol. The SMILES string of the molecule is CN1CC2(C[C@@H](CCOCC(=O)N3CCCC3)CCO2)C1. The second kappa shape index (κ2) is 6.63. The summed E-state index contributed by atoms with van der Waals surface area (Å²) < 4.78 is 11.6. The first-order valence-electron chi connectivity index (χ1n) is 8.35. The van der Waals surface area contributed by atoms with Gasteiger partial charge in [-0.3, -0.25) is 4.79 Å². The van der Waals surface area contributed by atoms with E-state index in [9.17, 15) is 4.79 Å². The van der Waals surface area contributed by atoms with Crippen LogP contribution in [-0.2, 0) is 14.3 Å². The van der Waals surface area contributed by atoms with Crippen LogP contribution < -0.4 is 0 Å². The second-order valence-corrected chi connectivity index (χ2v) is 6.99. The Morgan fingerprint density at radius 3 is 2.81 bits per heavy atom. The van der Waals surface area contributed by atoms with Crippen LogP contribution in [0.4, 0.5) is 0 Å². The van der Waals surface area contributed by atoms with Gasteiger partial charge in [-0.25, -0.2) is 0 Å². The Morgan fingerprint density at radius 1 is 1.33 bits per heavy atom. The maximum atomic E-state index is 11.9. The van der Waals surface area contributed by atoms with Crippen LogP contribution in [0.25, 0.3) is 0 Å². The minimum atomic E-state index is 0.128. The van der Waals surface area contributed by atoms with Crippen molar-refractivity contribution in [2.24, 2.45) is 5.92 Å². The molecule has 0 aromatic heterocycles. The third-order valence-corrected chi connectivity index (χ3v) is 5.07. The molecule has 1 atom stereocenters. The lowest BCUT2D eigenvalue weighted by atomic mass is 9.79. The molecule has 5 nitrogen and oxygen atoms in total. The summed E-state index contributed by atoms with van der Waals surface area (Å²) in [5.74, 6) is 0.853. The quantitative estimate of drug-likeness (QED) is 0.713. The van der Waals surface area contributed by atoms with Crippen LogP contribution in [0.5, 0.6) is 0 Å². The molecule has 0 N–H and O–H groups in total. The van der Waals surface area contributed by atoms with E-state index in [-0.39, 0.29) is 18.1 Å². The molecule has 3 fully saturated rings. The lowest BCUT2D eigenvalue weighted by Gasteiger charge is -2.52. The summed E-state index contributed by atoms with van der Waals surface area (Å²) in [4.78, 5) is 16.1. The average molecular weight is 296 g/mol. The summed E-state index contributed by atoms with van der Waals surface area (Å²) in [6, 6.07) is 0. The number of amides is 1. The number of carbonyl (C=O) groups is 1. The number of likely N-dealkylation sites (tertiary alicyclic amines) is 2. The molecule has 1 amide bonds. The largest absolute Gasteiger partial charge is 0.372 e. The first kappa shape index (κ1) is 15.3. The zero-order chi connectivity index (χ0) is 14.7. The first-order valence-corrected chi connectivity index (χ1v) is 8.35. The number of hydrogen-bond donors (Lipinski definition) is 0. The summed E-state index contributed by atoms with van der Waals surface area (Å²) in [6.45, 7) is 5.81. The zero-order valence-corrected chi connectivity index (χ0v) is 13.2. The normalized spacial score (nSPS) is 28.8. The van der Waals surface area contributed by atoms with Crippen LogP contribution in [0.2, 0.25) is 0 Å². The minimum Gasteiger partial charge on any atom is -0.372 e. The van der Waals surface area contributed by atoms with Gasteiger partial charge in [-0.1, -0.05) is 0 Å². The van der Waals surface area contributed by atoms with E-state index < -0.39 is 0 Å². The summed E-state index contributed by atoms with van der Waals surface area (Å²) in [6.07, 6.45) is 5.63.